The normalized spacial score (nSPS) is 23.4. The van der Waals surface area contributed by atoms with E-state index >= 15 is 0 Å². The van der Waals surface area contributed by atoms with Gasteiger partial charge in [0, 0.05) is 25.4 Å². The van der Waals surface area contributed by atoms with E-state index in [0.29, 0.717) is 28.1 Å². The van der Waals surface area contributed by atoms with Crippen LogP contribution in [-0.4, -0.2) is 32.8 Å². The van der Waals surface area contributed by atoms with Gasteiger partial charge in [-0.05, 0) is 48.8 Å². The van der Waals surface area contributed by atoms with Crippen molar-refractivity contribution in [1.82, 2.24) is 0 Å². The molecule has 1 atom stereocenters. The van der Waals surface area contributed by atoms with Crippen molar-refractivity contribution < 1.29 is 9.47 Å². The lowest BCUT2D eigenvalue weighted by atomic mass is 9.94. The minimum atomic E-state index is 0.426. The van der Waals surface area contributed by atoms with Crippen LogP contribution in [0, 0.1) is 11.3 Å². The second-order valence-corrected chi connectivity index (χ2v) is 6.48. The van der Waals surface area contributed by atoms with Crippen LogP contribution in [0.3, 0.4) is 0 Å². The molecule has 1 unspecified atom stereocenters. The highest BCUT2D eigenvalue weighted by Crippen LogP contribution is 2.59. The molecule has 3 rings (SSSR count). The Morgan fingerprint density at radius 1 is 1.50 bits per heavy atom. The van der Waals surface area contributed by atoms with E-state index in [2.05, 4.69) is 10.3 Å². The number of nitrogens with zero attached hydrogens (tertiary/aromatic N) is 1. The molecule has 2 fully saturated rings. The van der Waals surface area contributed by atoms with Crippen LogP contribution in [0.15, 0.2) is 23.2 Å². The topological polar surface area (TPSA) is 68.9 Å². The Kier molecular flexibility index (Phi) is 4.45. The molecule has 0 aromatic heterocycles. The van der Waals surface area contributed by atoms with E-state index in [0.717, 1.165) is 38.3 Å². The Morgan fingerprint density at radius 3 is 2.95 bits per heavy atom. The highest BCUT2D eigenvalue weighted by Gasteiger charge is 2.53. The van der Waals surface area contributed by atoms with E-state index < -0.39 is 0 Å². The fourth-order valence-corrected chi connectivity index (χ4v) is 3.48. The van der Waals surface area contributed by atoms with Gasteiger partial charge in [0.25, 0.3) is 0 Å². The number of nitrogens with two attached hydrogens (primary N) is 1. The van der Waals surface area contributed by atoms with Crippen molar-refractivity contribution in [3.63, 3.8) is 0 Å². The first-order chi connectivity index (χ1) is 10.6. The molecule has 1 aromatic carbocycles. The first-order valence-corrected chi connectivity index (χ1v) is 7.99. The number of nitrogens with one attached hydrogen (secondary N) is 1. The number of hydrogen-bond acceptors (Lipinski definition) is 3. The number of ether oxygens (including phenoxy) is 2. The van der Waals surface area contributed by atoms with E-state index in [-0.39, 0.29) is 0 Å². The maximum absolute atomic E-state index is 6.09. The summed E-state index contributed by atoms with van der Waals surface area (Å²) in [5, 5.41) is 3.62. The SMILES string of the molecule is COc1ccc(NC(N)=NCC2CC23CCOCC3)cc1Cl. The summed E-state index contributed by atoms with van der Waals surface area (Å²) >= 11 is 6.09. The highest BCUT2D eigenvalue weighted by molar-refractivity contribution is 6.32. The number of benzene rings is 1. The van der Waals surface area contributed by atoms with Gasteiger partial charge >= 0.3 is 0 Å². The number of rotatable bonds is 4. The molecule has 0 bridgehead atoms. The first kappa shape index (κ1) is 15.4. The summed E-state index contributed by atoms with van der Waals surface area (Å²) in [5.41, 5.74) is 7.25. The van der Waals surface area contributed by atoms with Gasteiger partial charge in [-0.25, -0.2) is 0 Å². The van der Waals surface area contributed by atoms with E-state index in [1.54, 1.807) is 19.2 Å². The maximum Gasteiger partial charge on any atom is 0.193 e. The molecule has 1 saturated heterocycles. The molecule has 2 aliphatic rings. The average Bonchev–Trinajstić information content (AvgIpc) is 3.18. The van der Waals surface area contributed by atoms with Gasteiger partial charge in [0.15, 0.2) is 5.96 Å². The van der Waals surface area contributed by atoms with E-state index in [1.165, 1.54) is 6.42 Å². The molecular weight excluding hydrogens is 302 g/mol. The molecule has 1 aromatic rings. The van der Waals surface area contributed by atoms with Gasteiger partial charge < -0.3 is 20.5 Å². The van der Waals surface area contributed by atoms with Crippen molar-refractivity contribution in [3.8, 4) is 5.75 Å². The molecule has 6 heteroatoms. The number of methoxy groups -OCH3 is 1. The quantitative estimate of drug-likeness (QED) is 0.660. The van der Waals surface area contributed by atoms with Crippen molar-refractivity contribution in [2.24, 2.45) is 22.1 Å². The Labute approximate surface area is 135 Å². The monoisotopic (exact) mass is 323 g/mol. The van der Waals surface area contributed by atoms with E-state index in [9.17, 15) is 0 Å². The third kappa shape index (κ3) is 3.31. The zero-order valence-corrected chi connectivity index (χ0v) is 13.5. The van der Waals surface area contributed by atoms with Gasteiger partial charge in [-0.3, -0.25) is 4.99 Å². The van der Waals surface area contributed by atoms with Gasteiger partial charge in [-0.2, -0.15) is 0 Å². The van der Waals surface area contributed by atoms with Gasteiger partial charge in [0.05, 0.1) is 12.1 Å². The van der Waals surface area contributed by atoms with Crippen LogP contribution in [0.4, 0.5) is 5.69 Å². The summed E-state index contributed by atoms with van der Waals surface area (Å²) < 4.78 is 10.6. The zero-order valence-electron chi connectivity index (χ0n) is 12.8. The number of aliphatic imine (C=N–C) groups is 1. The smallest absolute Gasteiger partial charge is 0.193 e. The molecule has 1 aliphatic heterocycles. The predicted octanol–water partition coefficient (Wildman–Crippen LogP) is 2.89. The van der Waals surface area contributed by atoms with Crippen LogP contribution in [0.1, 0.15) is 19.3 Å². The molecule has 22 heavy (non-hydrogen) atoms. The first-order valence-electron chi connectivity index (χ1n) is 7.61. The molecule has 120 valence electrons. The minimum absolute atomic E-state index is 0.426. The Balaban J connectivity index is 1.53. The highest BCUT2D eigenvalue weighted by atomic mass is 35.5. The second-order valence-electron chi connectivity index (χ2n) is 6.08. The summed E-state index contributed by atoms with van der Waals surface area (Å²) in [6, 6.07) is 5.44. The predicted molar refractivity (Wildman–Crippen MR) is 88.7 cm³/mol. The summed E-state index contributed by atoms with van der Waals surface area (Å²) in [4.78, 5) is 4.47. The van der Waals surface area contributed by atoms with E-state index in [4.69, 9.17) is 26.8 Å². The van der Waals surface area contributed by atoms with Crippen LogP contribution < -0.4 is 15.8 Å². The number of anilines is 1. The van der Waals surface area contributed by atoms with Crippen molar-refractivity contribution in [1.29, 1.82) is 0 Å². The molecule has 1 heterocycles. The molecule has 1 aliphatic carbocycles. The molecular formula is C16H22ClN3O2. The van der Waals surface area contributed by atoms with Gasteiger partial charge in [0.1, 0.15) is 5.75 Å². The molecule has 3 N–H and O–H groups in total. The van der Waals surface area contributed by atoms with E-state index in [1.807, 2.05) is 6.07 Å². The number of guanidine groups is 1. The zero-order chi connectivity index (χ0) is 15.6. The molecule has 1 spiro atoms. The Morgan fingerprint density at radius 2 is 2.27 bits per heavy atom. The van der Waals surface area contributed by atoms with Gasteiger partial charge in [0.2, 0.25) is 0 Å². The summed E-state index contributed by atoms with van der Waals surface area (Å²) in [5.74, 6) is 1.72. The standard InChI is InChI=1S/C16H22ClN3O2/c1-21-14-3-2-12(8-13(14)17)20-15(18)19-10-11-9-16(11)4-6-22-7-5-16/h2-3,8,11H,4-7,9-10H2,1H3,(H3,18,19,20). The maximum atomic E-state index is 6.09. The minimum Gasteiger partial charge on any atom is -0.495 e. The van der Waals surface area contributed by atoms with Crippen molar-refractivity contribution >= 4 is 23.2 Å². The molecule has 0 amide bonds. The molecule has 1 saturated carbocycles. The van der Waals surface area contributed by atoms with Crippen molar-refractivity contribution in [2.45, 2.75) is 19.3 Å². The fourth-order valence-electron chi connectivity index (χ4n) is 3.22. The van der Waals surface area contributed by atoms with Crippen LogP contribution in [0.2, 0.25) is 5.02 Å². The van der Waals surface area contributed by atoms with Crippen LogP contribution in [0.5, 0.6) is 5.75 Å². The number of halogens is 1. The second kappa shape index (κ2) is 6.34. The lowest BCUT2D eigenvalue weighted by molar-refractivity contribution is 0.0525. The third-order valence-corrected chi connectivity index (χ3v) is 5.05. The van der Waals surface area contributed by atoms with Gasteiger partial charge in [-0.15, -0.1) is 0 Å². The van der Waals surface area contributed by atoms with Crippen molar-refractivity contribution in [3.05, 3.63) is 23.2 Å². The lowest BCUT2D eigenvalue weighted by Crippen LogP contribution is -2.24. The molecule has 0 radical (unpaired) electrons. The summed E-state index contributed by atoms with van der Waals surface area (Å²) in [6.45, 7) is 2.55. The van der Waals surface area contributed by atoms with Crippen LogP contribution in [0.25, 0.3) is 0 Å². The summed E-state index contributed by atoms with van der Waals surface area (Å²) in [7, 11) is 1.59. The average molecular weight is 324 g/mol. The number of hydrogen-bond donors (Lipinski definition) is 2. The Bertz CT molecular complexity index is 571. The molecule has 5 nitrogen and oxygen atoms in total. The Hall–Kier alpha value is -1.46. The van der Waals surface area contributed by atoms with Crippen LogP contribution >= 0.6 is 11.6 Å². The summed E-state index contributed by atoms with van der Waals surface area (Å²) in [6.07, 6.45) is 3.57. The van der Waals surface area contributed by atoms with Crippen LogP contribution in [-0.2, 0) is 4.74 Å². The third-order valence-electron chi connectivity index (χ3n) is 4.75. The fraction of sp³-hybridized carbons (Fsp3) is 0.562. The van der Waals surface area contributed by atoms with Crippen molar-refractivity contribution in [2.75, 3.05) is 32.2 Å². The van der Waals surface area contributed by atoms with Gasteiger partial charge in [-0.1, -0.05) is 11.6 Å². The lowest BCUT2D eigenvalue weighted by Gasteiger charge is -2.22. The largest absolute Gasteiger partial charge is 0.495 e.